The summed E-state index contributed by atoms with van der Waals surface area (Å²) in [6.45, 7) is 3.43. The number of nitrogens with zero attached hydrogens (tertiary/aromatic N) is 3. The Morgan fingerprint density at radius 3 is 2.70 bits per heavy atom. The van der Waals surface area contributed by atoms with E-state index in [0.717, 1.165) is 51.8 Å². The Kier molecular flexibility index (Phi) is 5.05. The maximum absolute atomic E-state index is 12.7. The van der Waals surface area contributed by atoms with Crippen molar-refractivity contribution >= 4 is 54.8 Å². The Bertz CT molecular complexity index is 1070. The molecule has 0 saturated carbocycles. The molecule has 1 saturated heterocycles. The quantitative estimate of drug-likeness (QED) is 0.571. The van der Waals surface area contributed by atoms with Crippen LogP contribution in [0, 0.1) is 0 Å². The van der Waals surface area contributed by atoms with E-state index in [9.17, 15) is 9.90 Å². The zero-order chi connectivity index (χ0) is 20.7. The number of ether oxygens (including phenoxy) is 1. The summed E-state index contributed by atoms with van der Waals surface area (Å²) in [7, 11) is 0. The number of thiazole rings is 1. The van der Waals surface area contributed by atoms with Gasteiger partial charge in [-0.1, -0.05) is 23.5 Å². The van der Waals surface area contributed by atoms with Gasteiger partial charge in [0.2, 0.25) is 12.1 Å². The molecule has 0 spiro atoms. The molecule has 0 aliphatic carbocycles. The summed E-state index contributed by atoms with van der Waals surface area (Å²) in [4.78, 5) is 21.1. The van der Waals surface area contributed by atoms with Crippen LogP contribution in [0.4, 0.5) is 10.8 Å². The molecule has 1 aromatic carbocycles. The number of amides is 1. The smallest absolute Gasteiger partial charge is 0.265 e. The molecule has 4 heterocycles. The molecule has 3 aromatic rings. The molecule has 10 heteroatoms. The number of hydrazone groups is 1. The Morgan fingerprint density at radius 1 is 1.27 bits per heavy atom. The number of nitrogens with one attached hydrogen (secondary N) is 2. The summed E-state index contributed by atoms with van der Waals surface area (Å²) >= 11 is 3.00. The molecule has 3 N–H and O–H groups in total. The first-order valence-corrected chi connectivity index (χ1v) is 11.4. The SMILES string of the molecule is CC1=NNC(c2ccc(NC(=O)c3cc4sc(N5CCC(O)CC5)nc4s3)cc2)O1. The number of carbonyl (C=O) groups is 1. The van der Waals surface area contributed by atoms with Crippen molar-refractivity contribution in [3.8, 4) is 0 Å². The van der Waals surface area contributed by atoms with Crippen LogP contribution in [0.3, 0.4) is 0 Å². The second-order valence-electron chi connectivity index (χ2n) is 7.33. The highest BCUT2D eigenvalue weighted by Gasteiger charge is 2.22. The molecule has 1 atom stereocenters. The van der Waals surface area contributed by atoms with Crippen molar-refractivity contribution in [3.05, 3.63) is 40.8 Å². The first-order chi connectivity index (χ1) is 14.5. The van der Waals surface area contributed by atoms with Crippen molar-refractivity contribution in [1.82, 2.24) is 10.4 Å². The van der Waals surface area contributed by atoms with Gasteiger partial charge in [0, 0.05) is 31.3 Å². The van der Waals surface area contributed by atoms with Crippen LogP contribution in [0.1, 0.15) is 41.2 Å². The van der Waals surface area contributed by atoms with Crippen molar-refractivity contribution in [1.29, 1.82) is 0 Å². The number of aliphatic hydroxyl groups excluding tert-OH is 1. The molecule has 5 rings (SSSR count). The first kappa shape index (κ1) is 19.3. The molecule has 2 aromatic heterocycles. The topological polar surface area (TPSA) is 99.1 Å². The lowest BCUT2D eigenvalue weighted by Crippen LogP contribution is -2.35. The fourth-order valence-electron chi connectivity index (χ4n) is 3.48. The zero-order valence-corrected chi connectivity index (χ0v) is 17.9. The molecule has 8 nitrogen and oxygen atoms in total. The average molecular weight is 444 g/mol. The lowest BCUT2D eigenvalue weighted by molar-refractivity contribution is 0.103. The van der Waals surface area contributed by atoms with Gasteiger partial charge in [-0.15, -0.1) is 16.4 Å². The van der Waals surface area contributed by atoms with Crippen LogP contribution >= 0.6 is 22.7 Å². The Labute approximate surface area is 181 Å². The number of benzene rings is 1. The van der Waals surface area contributed by atoms with Crippen LogP contribution in [0.2, 0.25) is 0 Å². The van der Waals surface area contributed by atoms with Crippen molar-refractivity contribution in [3.63, 3.8) is 0 Å². The predicted molar refractivity (Wildman–Crippen MR) is 119 cm³/mol. The molecule has 1 amide bonds. The maximum atomic E-state index is 12.7. The number of hydrogen-bond acceptors (Lipinski definition) is 9. The van der Waals surface area contributed by atoms with E-state index in [1.807, 2.05) is 30.3 Å². The van der Waals surface area contributed by atoms with Gasteiger partial charge < -0.3 is 20.1 Å². The summed E-state index contributed by atoms with van der Waals surface area (Å²) < 4.78 is 6.57. The number of rotatable bonds is 4. The summed E-state index contributed by atoms with van der Waals surface area (Å²) in [5.41, 5.74) is 4.57. The van der Waals surface area contributed by atoms with Gasteiger partial charge in [-0.05, 0) is 31.0 Å². The number of aliphatic hydroxyl groups is 1. The van der Waals surface area contributed by atoms with Gasteiger partial charge in [-0.25, -0.2) is 4.98 Å². The number of fused-ring (bicyclic) bond motifs is 1. The minimum atomic E-state index is -0.290. The number of carbonyl (C=O) groups excluding carboxylic acids is 1. The van der Waals surface area contributed by atoms with E-state index in [1.165, 1.54) is 11.3 Å². The van der Waals surface area contributed by atoms with Crippen LogP contribution < -0.4 is 15.6 Å². The number of hydrogen-bond donors (Lipinski definition) is 3. The third-order valence-electron chi connectivity index (χ3n) is 5.14. The van der Waals surface area contributed by atoms with E-state index < -0.39 is 0 Å². The third kappa shape index (κ3) is 3.85. The summed E-state index contributed by atoms with van der Waals surface area (Å²) in [6.07, 6.45) is 1.05. The number of piperidine rings is 1. The Balaban J connectivity index is 1.24. The van der Waals surface area contributed by atoms with Crippen LogP contribution in [-0.4, -0.2) is 41.1 Å². The average Bonchev–Trinajstić information content (AvgIpc) is 3.44. The van der Waals surface area contributed by atoms with Gasteiger partial charge in [-0.3, -0.25) is 10.2 Å². The fourth-order valence-corrected chi connectivity index (χ4v) is 5.64. The highest BCUT2D eigenvalue weighted by atomic mass is 32.1. The highest BCUT2D eigenvalue weighted by Crippen LogP contribution is 2.36. The summed E-state index contributed by atoms with van der Waals surface area (Å²) in [5, 5.41) is 17.6. The van der Waals surface area contributed by atoms with E-state index in [2.05, 4.69) is 20.7 Å². The van der Waals surface area contributed by atoms with Crippen LogP contribution in [-0.2, 0) is 4.74 Å². The Hall–Kier alpha value is -2.69. The van der Waals surface area contributed by atoms with Gasteiger partial charge >= 0.3 is 0 Å². The van der Waals surface area contributed by atoms with Gasteiger partial charge in [0.05, 0.1) is 15.7 Å². The van der Waals surface area contributed by atoms with E-state index >= 15 is 0 Å². The molecule has 156 valence electrons. The second-order valence-corrected chi connectivity index (χ2v) is 9.37. The highest BCUT2D eigenvalue weighted by molar-refractivity contribution is 7.29. The van der Waals surface area contributed by atoms with E-state index in [4.69, 9.17) is 9.72 Å². The lowest BCUT2D eigenvalue weighted by atomic mass is 10.1. The number of anilines is 2. The van der Waals surface area contributed by atoms with Crippen LogP contribution in [0.5, 0.6) is 0 Å². The molecule has 2 aliphatic heterocycles. The third-order valence-corrected chi connectivity index (χ3v) is 7.36. The van der Waals surface area contributed by atoms with Crippen molar-refractivity contribution < 1.29 is 14.6 Å². The van der Waals surface area contributed by atoms with Gasteiger partial charge in [0.25, 0.3) is 5.91 Å². The maximum Gasteiger partial charge on any atom is 0.265 e. The number of thiophene rings is 1. The summed E-state index contributed by atoms with van der Waals surface area (Å²) in [5.74, 6) is 0.458. The van der Waals surface area contributed by atoms with Crippen molar-refractivity contribution in [2.24, 2.45) is 5.10 Å². The van der Waals surface area contributed by atoms with Crippen molar-refractivity contribution in [2.75, 3.05) is 23.3 Å². The largest absolute Gasteiger partial charge is 0.451 e. The molecule has 1 unspecified atom stereocenters. The molecule has 2 aliphatic rings. The number of aromatic nitrogens is 1. The van der Waals surface area contributed by atoms with Gasteiger partial charge in [-0.2, -0.15) is 0 Å². The molecule has 1 fully saturated rings. The van der Waals surface area contributed by atoms with E-state index in [-0.39, 0.29) is 18.2 Å². The standard InChI is InChI=1S/C20H21N5O3S2/c1-11-23-24-18(28-11)12-2-4-13(5-3-12)21-17(27)15-10-16-19(29-15)22-20(30-16)25-8-6-14(26)7-9-25/h2-5,10,14,18,24,26H,6-9H2,1H3,(H,21,27). The normalized spacial score (nSPS) is 19.5. The zero-order valence-electron chi connectivity index (χ0n) is 16.3. The van der Waals surface area contributed by atoms with E-state index in [1.54, 1.807) is 18.3 Å². The first-order valence-electron chi connectivity index (χ1n) is 9.76. The molecule has 0 radical (unpaired) electrons. The van der Waals surface area contributed by atoms with Gasteiger partial charge in [0.15, 0.2) is 5.13 Å². The minimum Gasteiger partial charge on any atom is -0.451 e. The van der Waals surface area contributed by atoms with Crippen molar-refractivity contribution in [2.45, 2.75) is 32.1 Å². The fraction of sp³-hybridized carbons (Fsp3) is 0.350. The minimum absolute atomic E-state index is 0.144. The van der Waals surface area contributed by atoms with E-state index in [0.29, 0.717) is 10.8 Å². The molecule has 30 heavy (non-hydrogen) atoms. The lowest BCUT2D eigenvalue weighted by Gasteiger charge is -2.28. The second kappa shape index (κ2) is 7.86. The predicted octanol–water partition coefficient (Wildman–Crippen LogP) is 3.52. The van der Waals surface area contributed by atoms with Crippen LogP contribution in [0.25, 0.3) is 9.53 Å². The molecule has 0 bridgehead atoms. The molecular formula is C20H21N5O3S2. The Morgan fingerprint density at radius 2 is 2.03 bits per heavy atom. The van der Waals surface area contributed by atoms with Gasteiger partial charge in [0.1, 0.15) is 4.83 Å². The van der Waals surface area contributed by atoms with Crippen LogP contribution in [0.15, 0.2) is 35.4 Å². The molecular weight excluding hydrogens is 422 g/mol. The monoisotopic (exact) mass is 443 g/mol. The summed E-state index contributed by atoms with van der Waals surface area (Å²) in [6, 6.07) is 9.40.